The molecule has 0 aliphatic carbocycles. The Kier molecular flexibility index (Phi) is 6.64. The van der Waals surface area contributed by atoms with Crippen molar-refractivity contribution in [3.05, 3.63) is 53.1 Å². The minimum atomic E-state index is 0.0443. The number of benzene rings is 1. The van der Waals surface area contributed by atoms with E-state index >= 15 is 0 Å². The Morgan fingerprint density at radius 2 is 1.87 bits per heavy atom. The number of carbonyl (C=O) groups is 1. The summed E-state index contributed by atoms with van der Waals surface area (Å²) in [6, 6.07) is 12.2. The normalized spacial score (nSPS) is 18.6. The van der Waals surface area contributed by atoms with Gasteiger partial charge in [0.05, 0.1) is 17.4 Å². The lowest BCUT2D eigenvalue weighted by atomic mass is 9.95. The molecule has 7 heteroatoms. The average Bonchev–Trinajstić information content (AvgIpc) is 3.46. The highest BCUT2D eigenvalue weighted by atomic mass is 32.2. The summed E-state index contributed by atoms with van der Waals surface area (Å²) in [7, 11) is 0. The van der Waals surface area contributed by atoms with E-state index in [1.807, 2.05) is 23.1 Å². The van der Waals surface area contributed by atoms with Gasteiger partial charge in [-0.1, -0.05) is 24.3 Å². The highest BCUT2D eigenvalue weighted by molar-refractivity contribution is 8.00. The van der Waals surface area contributed by atoms with Gasteiger partial charge < -0.3 is 14.1 Å². The Bertz CT molecular complexity index is 1000. The van der Waals surface area contributed by atoms with E-state index in [1.54, 1.807) is 23.1 Å². The van der Waals surface area contributed by atoms with Crippen LogP contribution in [-0.4, -0.2) is 61.6 Å². The van der Waals surface area contributed by atoms with E-state index in [1.165, 1.54) is 4.21 Å². The van der Waals surface area contributed by atoms with E-state index in [-0.39, 0.29) is 5.91 Å². The molecule has 1 aromatic carbocycles. The molecular weight excluding hydrogens is 428 g/mol. The summed E-state index contributed by atoms with van der Waals surface area (Å²) >= 11 is 3.50. The number of furan rings is 1. The Morgan fingerprint density at radius 1 is 1.06 bits per heavy atom. The SMILES string of the molecule is O=C(c1oc2ccccc2c1CSc1cccs1)N1CCC(CN2CCOCC2)CC1. The standard InChI is InChI=1S/C24H28N2O3S2/c27-24(26-9-7-18(8-10-26)16-25-11-13-28-14-12-25)23-20(17-31-22-6-3-15-30-22)19-4-1-2-5-21(19)29-23/h1-6,15,18H,7-14,16-17H2. The van der Waals surface area contributed by atoms with Crippen molar-refractivity contribution in [2.75, 3.05) is 45.9 Å². The molecule has 2 saturated heterocycles. The molecule has 164 valence electrons. The van der Waals surface area contributed by atoms with Gasteiger partial charge in [0.1, 0.15) is 5.58 Å². The molecule has 2 aliphatic heterocycles. The number of likely N-dealkylation sites (tertiary alicyclic amines) is 1. The number of para-hydroxylation sites is 1. The van der Waals surface area contributed by atoms with Gasteiger partial charge in [-0.2, -0.15) is 0 Å². The lowest BCUT2D eigenvalue weighted by Gasteiger charge is -2.35. The van der Waals surface area contributed by atoms with Crippen LogP contribution in [0, 0.1) is 5.92 Å². The number of thioether (sulfide) groups is 1. The predicted octanol–water partition coefficient (Wildman–Crippen LogP) is 4.97. The van der Waals surface area contributed by atoms with Crippen molar-refractivity contribution in [3.63, 3.8) is 0 Å². The van der Waals surface area contributed by atoms with Gasteiger partial charge in [0.25, 0.3) is 5.91 Å². The van der Waals surface area contributed by atoms with Crippen LogP contribution in [0.5, 0.6) is 0 Å². The zero-order valence-electron chi connectivity index (χ0n) is 17.6. The number of ether oxygens (including phenoxy) is 1. The number of nitrogens with zero attached hydrogens (tertiary/aromatic N) is 2. The van der Waals surface area contributed by atoms with Gasteiger partial charge in [0.15, 0.2) is 5.76 Å². The fourth-order valence-corrected chi connectivity index (χ4v) is 6.33. The minimum Gasteiger partial charge on any atom is -0.451 e. The maximum atomic E-state index is 13.4. The Morgan fingerprint density at radius 3 is 2.65 bits per heavy atom. The van der Waals surface area contributed by atoms with E-state index in [0.717, 1.165) is 81.1 Å². The van der Waals surface area contributed by atoms with Gasteiger partial charge in [0.2, 0.25) is 0 Å². The van der Waals surface area contributed by atoms with Gasteiger partial charge in [-0.05, 0) is 36.3 Å². The quantitative estimate of drug-likeness (QED) is 0.490. The zero-order valence-corrected chi connectivity index (χ0v) is 19.3. The van der Waals surface area contributed by atoms with Crippen LogP contribution < -0.4 is 0 Å². The molecule has 0 bridgehead atoms. The summed E-state index contributed by atoms with van der Waals surface area (Å²) < 4.78 is 12.8. The number of carbonyl (C=O) groups excluding carboxylic acids is 1. The molecule has 31 heavy (non-hydrogen) atoms. The van der Waals surface area contributed by atoms with Crippen LogP contribution >= 0.6 is 23.1 Å². The van der Waals surface area contributed by atoms with E-state index < -0.39 is 0 Å². The number of morpholine rings is 1. The van der Waals surface area contributed by atoms with Crippen molar-refractivity contribution in [1.82, 2.24) is 9.80 Å². The van der Waals surface area contributed by atoms with Crippen molar-refractivity contribution in [2.45, 2.75) is 22.8 Å². The molecule has 2 fully saturated rings. The maximum Gasteiger partial charge on any atom is 0.289 e. The maximum absolute atomic E-state index is 13.4. The van der Waals surface area contributed by atoms with E-state index in [2.05, 4.69) is 28.5 Å². The topological polar surface area (TPSA) is 45.9 Å². The van der Waals surface area contributed by atoms with Crippen LogP contribution in [0.4, 0.5) is 0 Å². The predicted molar refractivity (Wildman–Crippen MR) is 126 cm³/mol. The van der Waals surface area contributed by atoms with Crippen LogP contribution in [-0.2, 0) is 10.5 Å². The molecule has 0 spiro atoms. The first kappa shape index (κ1) is 21.1. The number of hydrogen-bond donors (Lipinski definition) is 0. The molecule has 5 nitrogen and oxygen atoms in total. The number of piperidine rings is 1. The first-order valence-electron chi connectivity index (χ1n) is 11.0. The molecular formula is C24H28N2O3S2. The Balaban J connectivity index is 1.27. The number of thiophene rings is 1. The van der Waals surface area contributed by atoms with Gasteiger partial charge in [0, 0.05) is 49.4 Å². The molecule has 5 rings (SSSR count). The summed E-state index contributed by atoms with van der Waals surface area (Å²) in [5.74, 6) is 1.97. The lowest BCUT2D eigenvalue weighted by Crippen LogP contribution is -2.44. The van der Waals surface area contributed by atoms with E-state index in [0.29, 0.717) is 11.7 Å². The summed E-state index contributed by atoms with van der Waals surface area (Å²) in [5.41, 5.74) is 1.82. The molecule has 0 radical (unpaired) electrons. The minimum absolute atomic E-state index is 0.0443. The number of hydrogen-bond acceptors (Lipinski definition) is 6. The molecule has 0 unspecified atom stereocenters. The summed E-state index contributed by atoms with van der Waals surface area (Å²) in [6.07, 6.45) is 2.12. The van der Waals surface area contributed by atoms with Crippen molar-refractivity contribution in [1.29, 1.82) is 0 Å². The van der Waals surface area contributed by atoms with Crippen LogP contribution in [0.25, 0.3) is 11.0 Å². The number of amides is 1. The van der Waals surface area contributed by atoms with Gasteiger partial charge in [-0.15, -0.1) is 23.1 Å². The summed E-state index contributed by atoms with van der Waals surface area (Å²) in [6.45, 7) is 6.49. The van der Waals surface area contributed by atoms with Crippen LogP contribution in [0.2, 0.25) is 0 Å². The van der Waals surface area contributed by atoms with E-state index in [9.17, 15) is 4.79 Å². The molecule has 1 amide bonds. The molecule has 0 N–H and O–H groups in total. The van der Waals surface area contributed by atoms with Crippen LogP contribution in [0.1, 0.15) is 29.0 Å². The van der Waals surface area contributed by atoms with Crippen LogP contribution in [0.15, 0.2) is 50.4 Å². The number of rotatable bonds is 6. The van der Waals surface area contributed by atoms with E-state index in [4.69, 9.17) is 9.15 Å². The van der Waals surface area contributed by atoms with Crippen LogP contribution in [0.3, 0.4) is 0 Å². The summed E-state index contributed by atoms with van der Waals surface area (Å²) in [5, 5.41) is 3.14. The zero-order chi connectivity index (χ0) is 21.0. The van der Waals surface area contributed by atoms with Gasteiger partial charge >= 0.3 is 0 Å². The molecule has 2 aliphatic rings. The molecule has 0 saturated carbocycles. The Hall–Kier alpha value is -1.80. The highest BCUT2D eigenvalue weighted by Gasteiger charge is 2.29. The molecule has 0 atom stereocenters. The average molecular weight is 457 g/mol. The van der Waals surface area contributed by atoms with Gasteiger partial charge in [-0.25, -0.2) is 0 Å². The third-order valence-electron chi connectivity index (χ3n) is 6.27. The first-order valence-corrected chi connectivity index (χ1v) is 12.9. The fourth-order valence-electron chi connectivity index (χ4n) is 4.51. The van der Waals surface area contributed by atoms with Crippen molar-refractivity contribution >= 4 is 40.0 Å². The third-order valence-corrected chi connectivity index (χ3v) is 8.43. The fraction of sp³-hybridized carbons (Fsp3) is 0.458. The second-order valence-corrected chi connectivity index (χ2v) is 10.5. The first-order chi connectivity index (χ1) is 15.3. The smallest absolute Gasteiger partial charge is 0.289 e. The van der Waals surface area contributed by atoms with Crippen molar-refractivity contribution < 1.29 is 13.9 Å². The highest BCUT2D eigenvalue weighted by Crippen LogP contribution is 2.34. The largest absolute Gasteiger partial charge is 0.451 e. The monoisotopic (exact) mass is 456 g/mol. The third kappa shape index (κ3) is 4.85. The molecule has 4 heterocycles. The lowest BCUT2D eigenvalue weighted by molar-refractivity contribution is 0.0240. The Labute approximate surface area is 191 Å². The number of fused-ring (bicyclic) bond motifs is 1. The second-order valence-electron chi connectivity index (χ2n) is 8.28. The van der Waals surface area contributed by atoms with Crippen molar-refractivity contribution in [3.8, 4) is 0 Å². The summed E-state index contributed by atoms with van der Waals surface area (Å²) in [4.78, 5) is 17.9. The molecule has 3 aromatic rings. The molecule has 2 aromatic heterocycles. The van der Waals surface area contributed by atoms with Crippen molar-refractivity contribution in [2.24, 2.45) is 5.92 Å². The van der Waals surface area contributed by atoms with Gasteiger partial charge in [-0.3, -0.25) is 9.69 Å². The second kappa shape index (κ2) is 9.77.